The summed E-state index contributed by atoms with van der Waals surface area (Å²) in [4.78, 5) is 24.4. The van der Waals surface area contributed by atoms with Gasteiger partial charge < -0.3 is 20.7 Å². The molecule has 0 unspecified atom stereocenters. The standard InChI is InChI=1S/C20H21N7O3S/c1-10-24-27-20(31-10)12-5-4-6-13(17(12)30-3)22-14-9-15(23-18(28)11-7-8-11)25-26-16(14)19(29)21-2/h4-6,9,11H,7-8H2,1-3H3,(H,21,29)(H2,22,23,25,28). The van der Waals surface area contributed by atoms with Crippen molar-refractivity contribution in [2.75, 3.05) is 24.8 Å². The van der Waals surface area contributed by atoms with Gasteiger partial charge in [0.15, 0.2) is 22.3 Å². The largest absolute Gasteiger partial charge is 0.494 e. The second kappa shape index (κ2) is 8.64. The zero-order valence-electron chi connectivity index (χ0n) is 17.2. The number of ether oxygens (including phenoxy) is 1. The fourth-order valence-corrected chi connectivity index (χ4v) is 3.70. The summed E-state index contributed by atoms with van der Waals surface area (Å²) in [6.45, 7) is 1.88. The smallest absolute Gasteiger partial charge is 0.273 e. The van der Waals surface area contributed by atoms with Crippen LogP contribution in [0, 0.1) is 12.8 Å². The van der Waals surface area contributed by atoms with Crippen LogP contribution in [-0.2, 0) is 4.79 Å². The number of benzene rings is 1. The highest BCUT2D eigenvalue weighted by Crippen LogP contribution is 2.39. The number of aromatic nitrogens is 4. The lowest BCUT2D eigenvalue weighted by molar-refractivity contribution is -0.117. The van der Waals surface area contributed by atoms with Crippen molar-refractivity contribution in [3.63, 3.8) is 0 Å². The van der Waals surface area contributed by atoms with Crippen molar-refractivity contribution in [3.8, 4) is 16.3 Å². The molecule has 3 aromatic rings. The van der Waals surface area contributed by atoms with Crippen molar-refractivity contribution in [1.29, 1.82) is 0 Å². The molecule has 0 spiro atoms. The highest BCUT2D eigenvalue weighted by Gasteiger charge is 2.30. The second-order valence-electron chi connectivity index (χ2n) is 6.97. The molecule has 2 heterocycles. The van der Waals surface area contributed by atoms with Crippen LogP contribution in [-0.4, -0.2) is 46.4 Å². The number of aryl methyl sites for hydroxylation is 1. The summed E-state index contributed by atoms with van der Waals surface area (Å²) in [5.41, 5.74) is 1.84. The number of hydrogen-bond donors (Lipinski definition) is 3. The van der Waals surface area contributed by atoms with Crippen molar-refractivity contribution < 1.29 is 14.3 Å². The van der Waals surface area contributed by atoms with Crippen LogP contribution in [0.5, 0.6) is 5.75 Å². The Hall–Kier alpha value is -3.60. The second-order valence-corrected chi connectivity index (χ2v) is 8.15. The summed E-state index contributed by atoms with van der Waals surface area (Å²) in [7, 11) is 3.07. The van der Waals surface area contributed by atoms with E-state index in [0.29, 0.717) is 17.1 Å². The quantitative estimate of drug-likeness (QED) is 0.512. The molecule has 1 saturated carbocycles. The van der Waals surface area contributed by atoms with Crippen molar-refractivity contribution in [3.05, 3.63) is 35.0 Å². The minimum Gasteiger partial charge on any atom is -0.494 e. The van der Waals surface area contributed by atoms with Gasteiger partial charge in [0.1, 0.15) is 5.01 Å². The maximum atomic E-state index is 12.3. The van der Waals surface area contributed by atoms with E-state index in [4.69, 9.17) is 4.74 Å². The van der Waals surface area contributed by atoms with Gasteiger partial charge in [-0.3, -0.25) is 9.59 Å². The van der Waals surface area contributed by atoms with E-state index in [1.807, 2.05) is 25.1 Å². The van der Waals surface area contributed by atoms with Crippen molar-refractivity contribution in [2.45, 2.75) is 19.8 Å². The molecule has 0 radical (unpaired) electrons. The molecule has 2 aromatic heterocycles. The number of carbonyl (C=O) groups is 2. The number of anilines is 3. The number of rotatable bonds is 7. The third-order valence-electron chi connectivity index (χ3n) is 4.68. The predicted octanol–water partition coefficient (Wildman–Crippen LogP) is 2.76. The van der Waals surface area contributed by atoms with Crippen LogP contribution < -0.4 is 20.7 Å². The minimum absolute atomic E-state index is 0.0176. The molecule has 0 bridgehead atoms. The maximum Gasteiger partial charge on any atom is 0.273 e. The van der Waals surface area contributed by atoms with Gasteiger partial charge >= 0.3 is 0 Å². The number of nitrogens with zero attached hydrogens (tertiary/aromatic N) is 4. The zero-order chi connectivity index (χ0) is 22.0. The normalized spacial score (nSPS) is 12.9. The molecule has 0 aliphatic heterocycles. The number of nitrogens with one attached hydrogen (secondary N) is 3. The Morgan fingerprint density at radius 3 is 2.58 bits per heavy atom. The van der Waals surface area contributed by atoms with Gasteiger partial charge in [0, 0.05) is 19.0 Å². The van der Waals surface area contributed by atoms with E-state index in [9.17, 15) is 9.59 Å². The van der Waals surface area contributed by atoms with E-state index in [1.54, 1.807) is 13.2 Å². The molecule has 2 amide bonds. The molecule has 0 atom stereocenters. The molecule has 0 saturated heterocycles. The first-order chi connectivity index (χ1) is 15.0. The van der Waals surface area contributed by atoms with Gasteiger partial charge in [0.25, 0.3) is 5.91 Å². The van der Waals surface area contributed by atoms with Crippen LogP contribution in [0.3, 0.4) is 0 Å². The Labute approximate surface area is 182 Å². The van der Waals surface area contributed by atoms with Gasteiger partial charge in [0.05, 0.1) is 24.0 Å². The van der Waals surface area contributed by atoms with Gasteiger partial charge in [-0.1, -0.05) is 17.4 Å². The predicted molar refractivity (Wildman–Crippen MR) is 117 cm³/mol. The van der Waals surface area contributed by atoms with Crippen molar-refractivity contribution in [2.24, 2.45) is 5.92 Å². The van der Waals surface area contributed by atoms with Crippen LogP contribution in [0.1, 0.15) is 28.3 Å². The van der Waals surface area contributed by atoms with Crippen LogP contribution in [0.4, 0.5) is 17.2 Å². The molecular formula is C20H21N7O3S. The third kappa shape index (κ3) is 4.45. The van der Waals surface area contributed by atoms with Gasteiger partial charge in [0.2, 0.25) is 5.91 Å². The zero-order valence-corrected chi connectivity index (χ0v) is 18.0. The maximum absolute atomic E-state index is 12.3. The lowest BCUT2D eigenvalue weighted by atomic mass is 10.1. The highest BCUT2D eigenvalue weighted by molar-refractivity contribution is 7.14. The van der Waals surface area contributed by atoms with Crippen LogP contribution in [0.25, 0.3) is 10.6 Å². The average molecular weight is 440 g/mol. The van der Waals surface area contributed by atoms with Crippen LogP contribution in [0.15, 0.2) is 24.3 Å². The van der Waals surface area contributed by atoms with Gasteiger partial charge in [-0.05, 0) is 31.9 Å². The Morgan fingerprint density at radius 2 is 1.94 bits per heavy atom. The molecule has 1 aliphatic rings. The number of hydrogen-bond acceptors (Lipinski definition) is 9. The average Bonchev–Trinajstić information content (AvgIpc) is 3.54. The SMILES string of the molecule is CNC(=O)c1nnc(NC(=O)C2CC2)cc1Nc1cccc(-c2nnc(C)s2)c1OC. The third-order valence-corrected chi connectivity index (χ3v) is 5.55. The molecule has 11 heteroatoms. The molecule has 3 N–H and O–H groups in total. The minimum atomic E-state index is -0.412. The molecule has 4 rings (SSSR count). The summed E-state index contributed by atoms with van der Waals surface area (Å²) in [5.74, 6) is 0.317. The first kappa shape index (κ1) is 20.7. The van der Waals surface area contributed by atoms with Crippen LogP contribution >= 0.6 is 11.3 Å². The molecule has 1 aromatic carbocycles. The number of para-hydroxylation sites is 1. The highest BCUT2D eigenvalue weighted by atomic mass is 32.1. The van der Waals surface area contributed by atoms with E-state index in [-0.39, 0.29) is 23.3 Å². The molecule has 31 heavy (non-hydrogen) atoms. The first-order valence-electron chi connectivity index (χ1n) is 9.65. The lowest BCUT2D eigenvalue weighted by Crippen LogP contribution is -2.22. The fraction of sp³-hybridized carbons (Fsp3) is 0.300. The monoisotopic (exact) mass is 439 g/mol. The van der Waals surface area contributed by atoms with E-state index < -0.39 is 5.91 Å². The van der Waals surface area contributed by atoms with Crippen LogP contribution in [0.2, 0.25) is 0 Å². The Balaban J connectivity index is 1.71. The van der Waals surface area contributed by atoms with Gasteiger partial charge in [-0.25, -0.2) is 0 Å². The summed E-state index contributed by atoms with van der Waals surface area (Å²) in [6, 6.07) is 7.13. The van der Waals surface area contributed by atoms with E-state index >= 15 is 0 Å². The Morgan fingerprint density at radius 1 is 1.13 bits per heavy atom. The molecule has 160 valence electrons. The number of amides is 2. The first-order valence-corrected chi connectivity index (χ1v) is 10.5. The lowest BCUT2D eigenvalue weighted by Gasteiger charge is -2.16. The fourth-order valence-electron chi connectivity index (χ4n) is 2.98. The van der Waals surface area contributed by atoms with Crippen molar-refractivity contribution >= 4 is 40.3 Å². The molecular weight excluding hydrogens is 418 g/mol. The molecule has 10 nitrogen and oxygen atoms in total. The number of carbonyl (C=O) groups excluding carboxylic acids is 2. The van der Waals surface area contributed by atoms with E-state index in [0.717, 1.165) is 28.4 Å². The van der Waals surface area contributed by atoms with E-state index in [1.165, 1.54) is 18.4 Å². The van der Waals surface area contributed by atoms with E-state index in [2.05, 4.69) is 36.3 Å². The Bertz CT molecular complexity index is 1140. The number of methoxy groups -OCH3 is 1. The molecule has 1 fully saturated rings. The van der Waals surface area contributed by atoms with Crippen molar-refractivity contribution in [1.82, 2.24) is 25.7 Å². The summed E-state index contributed by atoms with van der Waals surface area (Å²) >= 11 is 1.45. The summed E-state index contributed by atoms with van der Waals surface area (Å²) in [6.07, 6.45) is 1.74. The Kier molecular flexibility index (Phi) is 5.76. The molecule has 1 aliphatic carbocycles. The van der Waals surface area contributed by atoms with Gasteiger partial charge in [-0.15, -0.1) is 20.4 Å². The van der Waals surface area contributed by atoms with Gasteiger partial charge in [-0.2, -0.15) is 0 Å². The summed E-state index contributed by atoms with van der Waals surface area (Å²) < 4.78 is 5.64. The summed E-state index contributed by atoms with van der Waals surface area (Å²) in [5, 5.41) is 26.3. The topological polar surface area (TPSA) is 131 Å².